The summed E-state index contributed by atoms with van der Waals surface area (Å²) in [6.07, 6.45) is 6.22. The number of benzene rings is 2. The fourth-order valence-corrected chi connectivity index (χ4v) is 3.62. The number of unbranched alkanes of at least 4 members (excludes halogenated alkanes) is 3. The molecule has 0 bridgehead atoms. The molecular formula is C23H23Cl2N3O3. The van der Waals surface area contributed by atoms with Crippen molar-refractivity contribution >= 4 is 34.8 Å². The molecule has 162 valence electrons. The Morgan fingerprint density at radius 3 is 2.52 bits per heavy atom. The molecule has 2 N–H and O–H groups in total. The van der Waals surface area contributed by atoms with Crippen LogP contribution in [0, 0.1) is 0 Å². The van der Waals surface area contributed by atoms with Crippen molar-refractivity contribution in [2.45, 2.75) is 38.6 Å². The second kappa shape index (κ2) is 11.0. The molecule has 31 heavy (non-hydrogen) atoms. The Morgan fingerprint density at radius 2 is 1.77 bits per heavy atom. The van der Waals surface area contributed by atoms with Gasteiger partial charge in [0.25, 0.3) is 11.3 Å². The smallest absolute Gasteiger partial charge is 0.280 e. The molecule has 0 atom stereocenters. The van der Waals surface area contributed by atoms with E-state index in [0.717, 1.165) is 32.1 Å². The van der Waals surface area contributed by atoms with E-state index in [2.05, 4.69) is 22.5 Å². The summed E-state index contributed by atoms with van der Waals surface area (Å²) in [5.74, 6) is -1.27. The zero-order chi connectivity index (χ0) is 22.2. The molecule has 3 aromatic rings. The van der Waals surface area contributed by atoms with Crippen molar-refractivity contribution in [1.29, 1.82) is 0 Å². The maximum Gasteiger partial charge on any atom is 0.280 e. The number of carbonyl (C=O) groups excluding carboxylic acids is 1. The third-order valence-electron chi connectivity index (χ3n) is 4.79. The van der Waals surface area contributed by atoms with Crippen LogP contribution in [0.2, 0.25) is 10.0 Å². The van der Waals surface area contributed by atoms with Gasteiger partial charge in [-0.2, -0.15) is 5.10 Å². The molecule has 0 saturated carbocycles. The van der Waals surface area contributed by atoms with E-state index in [1.807, 2.05) is 18.2 Å². The van der Waals surface area contributed by atoms with E-state index in [1.165, 1.54) is 28.6 Å². The van der Waals surface area contributed by atoms with Crippen LogP contribution in [0.5, 0.6) is 5.75 Å². The highest BCUT2D eigenvalue weighted by atomic mass is 35.5. The van der Waals surface area contributed by atoms with Gasteiger partial charge in [0.05, 0.1) is 16.9 Å². The van der Waals surface area contributed by atoms with Gasteiger partial charge in [-0.3, -0.25) is 14.3 Å². The molecule has 0 saturated heterocycles. The van der Waals surface area contributed by atoms with Gasteiger partial charge in [-0.25, -0.2) is 0 Å². The lowest BCUT2D eigenvalue weighted by atomic mass is 10.1. The molecule has 6 nitrogen and oxygen atoms in total. The van der Waals surface area contributed by atoms with Crippen molar-refractivity contribution in [3.8, 4) is 5.75 Å². The molecule has 0 unspecified atom stereocenters. The fraction of sp³-hybridized carbons (Fsp3) is 0.261. The van der Waals surface area contributed by atoms with E-state index in [-0.39, 0.29) is 5.02 Å². The van der Waals surface area contributed by atoms with E-state index in [4.69, 9.17) is 23.2 Å². The van der Waals surface area contributed by atoms with Gasteiger partial charge in [0.2, 0.25) is 0 Å². The SMILES string of the molecule is O=C(Nc1ccc(Cl)cc1Cl)c1nn(CCCCCCc2ccccc2)cc(O)c1=O. The summed E-state index contributed by atoms with van der Waals surface area (Å²) in [5.41, 5.74) is 0.397. The minimum atomic E-state index is -0.832. The van der Waals surface area contributed by atoms with Gasteiger partial charge in [-0.1, -0.05) is 66.4 Å². The number of halogens is 2. The molecule has 0 radical (unpaired) electrons. The number of carbonyl (C=O) groups is 1. The van der Waals surface area contributed by atoms with Gasteiger partial charge in [0, 0.05) is 11.6 Å². The van der Waals surface area contributed by atoms with Crippen LogP contribution in [0.3, 0.4) is 0 Å². The van der Waals surface area contributed by atoms with Crippen LogP contribution in [0.25, 0.3) is 0 Å². The summed E-state index contributed by atoms with van der Waals surface area (Å²) in [6, 6.07) is 14.9. The predicted octanol–water partition coefficient (Wildman–Crippen LogP) is 5.31. The van der Waals surface area contributed by atoms with Crippen molar-refractivity contribution < 1.29 is 9.90 Å². The lowest BCUT2D eigenvalue weighted by Gasteiger charge is -2.10. The number of nitrogens with one attached hydrogen (secondary N) is 1. The molecule has 0 spiro atoms. The molecule has 2 aromatic carbocycles. The van der Waals surface area contributed by atoms with E-state index < -0.39 is 22.8 Å². The largest absolute Gasteiger partial charge is 0.503 e. The Hall–Kier alpha value is -2.83. The molecule has 8 heteroatoms. The molecule has 1 aromatic heterocycles. The van der Waals surface area contributed by atoms with Crippen molar-refractivity contribution in [2.24, 2.45) is 0 Å². The molecule has 1 amide bonds. The second-order valence-electron chi connectivity index (χ2n) is 7.18. The van der Waals surface area contributed by atoms with Crippen molar-refractivity contribution in [3.63, 3.8) is 0 Å². The number of aryl methyl sites for hydroxylation is 2. The highest BCUT2D eigenvalue weighted by Crippen LogP contribution is 2.25. The Kier molecular flexibility index (Phi) is 8.09. The fourth-order valence-electron chi connectivity index (χ4n) is 3.16. The van der Waals surface area contributed by atoms with Crippen LogP contribution in [-0.2, 0) is 13.0 Å². The molecule has 0 fully saturated rings. The number of amides is 1. The van der Waals surface area contributed by atoms with E-state index >= 15 is 0 Å². The summed E-state index contributed by atoms with van der Waals surface area (Å²) < 4.78 is 1.42. The molecule has 1 heterocycles. The van der Waals surface area contributed by atoms with Crippen LogP contribution < -0.4 is 10.7 Å². The lowest BCUT2D eigenvalue weighted by Crippen LogP contribution is -2.26. The van der Waals surface area contributed by atoms with Crippen molar-refractivity contribution in [1.82, 2.24) is 9.78 Å². The number of rotatable bonds is 9. The van der Waals surface area contributed by atoms with E-state index in [1.54, 1.807) is 6.07 Å². The predicted molar refractivity (Wildman–Crippen MR) is 123 cm³/mol. The van der Waals surface area contributed by atoms with Gasteiger partial charge >= 0.3 is 0 Å². The Morgan fingerprint density at radius 1 is 1.03 bits per heavy atom. The summed E-state index contributed by atoms with van der Waals surface area (Å²) in [6.45, 7) is 0.487. The first kappa shape index (κ1) is 22.8. The first-order chi connectivity index (χ1) is 14.9. The highest BCUT2D eigenvalue weighted by Gasteiger charge is 2.18. The zero-order valence-electron chi connectivity index (χ0n) is 16.9. The van der Waals surface area contributed by atoms with Gasteiger partial charge in [0.15, 0.2) is 11.4 Å². The quantitative estimate of drug-likeness (QED) is 0.424. The van der Waals surface area contributed by atoms with Crippen LogP contribution in [0.1, 0.15) is 41.7 Å². The highest BCUT2D eigenvalue weighted by molar-refractivity contribution is 6.36. The van der Waals surface area contributed by atoms with E-state index in [9.17, 15) is 14.7 Å². The number of nitrogens with zero attached hydrogens (tertiary/aromatic N) is 2. The van der Waals surface area contributed by atoms with E-state index in [0.29, 0.717) is 17.3 Å². The standard InChI is InChI=1S/C23H23Cl2N3O3/c24-17-11-12-19(18(25)14-17)26-23(31)21-22(30)20(29)15-28(27-21)13-7-2-1-4-8-16-9-5-3-6-10-16/h3,5-6,9-12,14-15,29H,1-2,4,7-8,13H2,(H,26,31). The van der Waals surface area contributed by atoms with Crippen LogP contribution in [0.4, 0.5) is 5.69 Å². The number of hydrogen-bond donors (Lipinski definition) is 2. The Balaban J connectivity index is 1.56. The molecule has 0 aliphatic heterocycles. The third-order valence-corrected chi connectivity index (χ3v) is 5.34. The topological polar surface area (TPSA) is 84.2 Å². The van der Waals surface area contributed by atoms with Gasteiger partial charge in [-0.15, -0.1) is 0 Å². The Labute approximate surface area is 190 Å². The van der Waals surface area contributed by atoms with Gasteiger partial charge < -0.3 is 10.4 Å². The first-order valence-electron chi connectivity index (χ1n) is 10.0. The maximum absolute atomic E-state index is 12.5. The Bertz CT molecular complexity index is 1100. The summed E-state index contributed by atoms with van der Waals surface area (Å²) >= 11 is 11.9. The minimum Gasteiger partial charge on any atom is -0.503 e. The number of aromatic hydroxyl groups is 1. The molecular weight excluding hydrogens is 437 g/mol. The number of anilines is 1. The number of hydrogen-bond acceptors (Lipinski definition) is 4. The minimum absolute atomic E-state index is 0.233. The number of aromatic nitrogens is 2. The molecule has 0 aliphatic rings. The molecule has 3 rings (SSSR count). The summed E-state index contributed by atoms with van der Waals surface area (Å²) in [7, 11) is 0. The summed E-state index contributed by atoms with van der Waals surface area (Å²) in [4.78, 5) is 24.7. The van der Waals surface area contributed by atoms with Crippen LogP contribution in [0.15, 0.2) is 59.5 Å². The van der Waals surface area contributed by atoms with Crippen molar-refractivity contribution in [2.75, 3.05) is 5.32 Å². The third kappa shape index (κ3) is 6.57. The second-order valence-corrected chi connectivity index (χ2v) is 8.03. The zero-order valence-corrected chi connectivity index (χ0v) is 18.4. The monoisotopic (exact) mass is 459 g/mol. The first-order valence-corrected chi connectivity index (χ1v) is 10.8. The van der Waals surface area contributed by atoms with Crippen molar-refractivity contribution in [3.05, 3.63) is 86.3 Å². The van der Waals surface area contributed by atoms with Gasteiger partial charge in [0.1, 0.15) is 0 Å². The van der Waals surface area contributed by atoms with Crippen LogP contribution in [-0.4, -0.2) is 20.8 Å². The van der Waals surface area contributed by atoms with Gasteiger partial charge in [-0.05, 0) is 43.0 Å². The maximum atomic E-state index is 12.5. The normalized spacial score (nSPS) is 10.8. The average Bonchev–Trinajstić information content (AvgIpc) is 2.75. The molecule has 0 aliphatic carbocycles. The average molecular weight is 460 g/mol. The summed E-state index contributed by atoms with van der Waals surface area (Å²) in [5, 5.41) is 17.2. The lowest BCUT2D eigenvalue weighted by molar-refractivity contribution is 0.101. The van der Waals surface area contributed by atoms with Crippen LogP contribution >= 0.6 is 23.2 Å².